The largest absolute Gasteiger partial charge is 0.352 e. The smallest absolute Gasteiger partial charge is 0.240 e. The van der Waals surface area contributed by atoms with Crippen LogP contribution >= 0.6 is 0 Å². The number of hydrogen-bond acceptors (Lipinski definition) is 3. The van der Waals surface area contributed by atoms with Crippen LogP contribution in [0.4, 0.5) is 10.1 Å². The van der Waals surface area contributed by atoms with Crippen molar-refractivity contribution in [3.05, 3.63) is 30.1 Å². The molecule has 0 spiro atoms. The van der Waals surface area contributed by atoms with Crippen molar-refractivity contribution >= 4 is 21.6 Å². The van der Waals surface area contributed by atoms with Crippen LogP contribution in [0, 0.1) is 5.82 Å². The van der Waals surface area contributed by atoms with Gasteiger partial charge in [-0.1, -0.05) is 19.1 Å². The minimum absolute atomic E-state index is 0.0652. The molecule has 5 nitrogen and oxygen atoms in total. The SMILES string of the molecule is CC[C@H](C)NC(=O)CN(c1ccccc1F)S(C)(=O)=O. The van der Waals surface area contributed by atoms with Crippen LogP contribution in [0.2, 0.25) is 0 Å². The predicted octanol–water partition coefficient (Wildman–Crippen LogP) is 1.51. The summed E-state index contributed by atoms with van der Waals surface area (Å²) >= 11 is 0. The molecule has 1 aromatic rings. The lowest BCUT2D eigenvalue weighted by Crippen LogP contribution is -2.43. The lowest BCUT2D eigenvalue weighted by atomic mass is 10.2. The molecule has 0 saturated carbocycles. The predicted molar refractivity (Wildman–Crippen MR) is 76.5 cm³/mol. The summed E-state index contributed by atoms with van der Waals surface area (Å²) in [6.07, 6.45) is 1.67. The first kappa shape index (κ1) is 16.4. The van der Waals surface area contributed by atoms with E-state index in [1.165, 1.54) is 18.2 Å². The summed E-state index contributed by atoms with van der Waals surface area (Å²) in [7, 11) is -3.75. The summed E-state index contributed by atoms with van der Waals surface area (Å²) in [5.41, 5.74) is -0.130. The fourth-order valence-electron chi connectivity index (χ4n) is 1.59. The van der Waals surface area contributed by atoms with Crippen LogP contribution in [-0.4, -0.2) is 33.2 Å². The van der Waals surface area contributed by atoms with E-state index in [-0.39, 0.29) is 11.7 Å². The van der Waals surface area contributed by atoms with Gasteiger partial charge >= 0.3 is 0 Å². The van der Waals surface area contributed by atoms with Crippen molar-refractivity contribution < 1.29 is 17.6 Å². The second-order valence-electron chi connectivity index (χ2n) is 4.60. The van der Waals surface area contributed by atoms with Crippen molar-refractivity contribution in [2.24, 2.45) is 0 Å². The number of nitrogens with zero attached hydrogens (tertiary/aromatic N) is 1. The molecule has 0 aliphatic carbocycles. The minimum atomic E-state index is -3.75. The molecule has 0 aliphatic heterocycles. The van der Waals surface area contributed by atoms with Crippen LogP contribution in [0.25, 0.3) is 0 Å². The zero-order valence-electron chi connectivity index (χ0n) is 11.8. The molecule has 0 unspecified atom stereocenters. The zero-order chi connectivity index (χ0) is 15.3. The van der Waals surface area contributed by atoms with Gasteiger partial charge in [-0.3, -0.25) is 9.10 Å². The first-order valence-corrected chi connectivity index (χ1v) is 8.12. The topological polar surface area (TPSA) is 66.5 Å². The number of rotatable bonds is 6. The second kappa shape index (κ2) is 6.69. The first-order valence-electron chi connectivity index (χ1n) is 6.27. The number of carbonyl (C=O) groups excluding carboxylic acids is 1. The molecular weight excluding hydrogens is 283 g/mol. The van der Waals surface area contributed by atoms with Crippen LogP contribution in [0.5, 0.6) is 0 Å². The van der Waals surface area contributed by atoms with Gasteiger partial charge in [0, 0.05) is 6.04 Å². The third-order valence-corrected chi connectivity index (χ3v) is 3.95. The third kappa shape index (κ3) is 4.48. The molecule has 1 N–H and O–H groups in total. The number of para-hydroxylation sites is 1. The molecule has 1 aromatic carbocycles. The fourth-order valence-corrected chi connectivity index (χ4v) is 2.45. The highest BCUT2D eigenvalue weighted by Crippen LogP contribution is 2.20. The fraction of sp³-hybridized carbons (Fsp3) is 0.462. The molecule has 20 heavy (non-hydrogen) atoms. The number of carbonyl (C=O) groups is 1. The number of amides is 1. The van der Waals surface area contributed by atoms with E-state index in [2.05, 4.69) is 5.32 Å². The van der Waals surface area contributed by atoms with Gasteiger partial charge in [0.2, 0.25) is 15.9 Å². The van der Waals surface area contributed by atoms with Crippen LogP contribution in [-0.2, 0) is 14.8 Å². The van der Waals surface area contributed by atoms with E-state index in [1.807, 2.05) is 13.8 Å². The van der Waals surface area contributed by atoms with Gasteiger partial charge in [0.25, 0.3) is 0 Å². The Balaban J connectivity index is 2.99. The molecule has 1 amide bonds. The molecule has 0 heterocycles. The highest BCUT2D eigenvalue weighted by atomic mass is 32.2. The molecule has 0 aliphatic rings. The van der Waals surface area contributed by atoms with E-state index >= 15 is 0 Å². The van der Waals surface area contributed by atoms with E-state index in [9.17, 15) is 17.6 Å². The zero-order valence-corrected chi connectivity index (χ0v) is 12.6. The van der Waals surface area contributed by atoms with Crippen LogP contribution in [0.1, 0.15) is 20.3 Å². The number of nitrogens with one attached hydrogen (secondary N) is 1. The molecule has 0 aromatic heterocycles. The maximum absolute atomic E-state index is 13.7. The maximum atomic E-state index is 13.7. The standard InChI is InChI=1S/C13H19FN2O3S/c1-4-10(2)15-13(17)9-16(20(3,18)19)12-8-6-5-7-11(12)14/h5-8,10H,4,9H2,1-3H3,(H,15,17)/t10-/m0/s1. The normalized spacial score (nSPS) is 12.8. The number of anilines is 1. The summed E-state index contributed by atoms with van der Waals surface area (Å²) in [6, 6.07) is 5.39. The quantitative estimate of drug-likeness (QED) is 0.866. The summed E-state index contributed by atoms with van der Waals surface area (Å²) in [5, 5.41) is 2.65. The van der Waals surface area contributed by atoms with Gasteiger partial charge in [0.1, 0.15) is 12.4 Å². The van der Waals surface area contributed by atoms with Crippen LogP contribution in [0.15, 0.2) is 24.3 Å². The van der Waals surface area contributed by atoms with E-state index < -0.39 is 28.3 Å². The number of benzene rings is 1. The van der Waals surface area contributed by atoms with Crippen molar-refractivity contribution in [1.82, 2.24) is 5.32 Å². The van der Waals surface area contributed by atoms with Gasteiger partial charge in [0.15, 0.2) is 0 Å². The Labute approximate surface area is 118 Å². The summed E-state index contributed by atoms with van der Waals surface area (Å²) in [6.45, 7) is 3.27. The average molecular weight is 302 g/mol. The highest BCUT2D eigenvalue weighted by Gasteiger charge is 2.23. The summed E-state index contributed by atoms with van der Waals surface area (Å²) < 4.78 is 38.0. The number of halogens is 1. The van der Waals surface area contributed by atoms with Crippen molar-refractivity contribution in [2.45, 2.75) is 26.3 Å². The minimum Gasteiger partial charge on any atom is -0.352 e. The molecule has 7 heteroatoms. The lowest BCUT2D eigenvalue weighted by Gasteiger charge is -2.23. The molecule has 112 valence electrons. The van der Waals surface area contributed by atoms with Gasteiger partial charge in [-0.05, 0) is 25.5 Å². The van der Waals surface area contributed by atoms with Crippen LogP contribution < -0.4 is 9.62 Å². The van der Waals surface area contributed by atoms with Gasteiger partial charge in [-0.25, -0.2) is 12.8 Å². The Kier molecular flexibility index (Phi) is 5.50. The molecule has 0 radical (unpaired) electrons. The first-order chi connectivity index (χ1) is 9.25. The van der Waals surface area contributed by atoms with E-state index in [1.54, 1.807) is 0 Å². The highest BCUT2D eigenvalue weighted by molar-refractivity contribution is 7.92. The molecule has 0 fully saturated rings. The lowest BCUT2D eigenvalue weighted by molar-refractivity contribution is -0.120. The average Bonchev–Trinajstić information content (AvgIpc) is 2.35. The molecule has 0 bridgehead atoms. The van der Waals surface area contributed by atoms with Gasteiger partial charge in [-0.2, -0.15) is 0 Å². The van der Waals surface area contributed by atoms with Gasteiger partial charge < -0.3 is 5.32 Å². The number of hydrogen-bond donors (Lipinski definition) is 1. The van der Waals surface area contributed by atoms with E-state index in [0.29, 0.717) is 0 Å². The Bertz CT molecular complexity index is 575. The molecule has 0 saturated heterocycles. The van der Waals surface area contributed by atoms with E-state index in [0.717, 1.165) is 23.0 Å². The van der Waals surface area contributed by atoms with Crippen molar-refractivity contribution in [3.63, 3.8) is 0 Å². The molecule has 1 rings (SSSR count). The second-order valence-corrected chi connectivity index (χ2v) is 6.50. The number of sulfonamides is 1. The van der Waals surface area contributed by atoms with Crippen molar-refractivity contribution in [3.8, 4) is 0 Å². The Morgan fingerprint density at radius 2 is 2.00 bits per heavy atom. The molecule has 1 atom stereocenters. The van der Waals surface area contributed by atoms with Gasteiger partial charge in [-0.15, -0.1) is 0 Å². The monoisotopic (exact) mass is 302 g/mol. The van der Waals surface area contributed by atoms with E-state index in [4.69, 9.17) is 0 Å². The van der Waals surface area contributed by atoms with Gasteiger partial charge in [0.05, 0.1) is 11.9 Å². The maximum Gasteiger partial charge on any atom is 0.240 e. The Morgan fingerprint density at radius 3 is 2.50 bits per heavy atom. The molecular formula is C13H19FN2O3S. The summed E-state index contributed by atoms with van der Waals surface area (Å²) in [5.74, 6) is -1.15. The third-order valence-electron chi connectivity index (χ3n) is 2.83. The Hall–Kier alpha value is -1.63. The summed E-state index contributed by atoms with van der Waals surface area (Å²) in [4.78, 5) is 11.8. The van der Waals surface area contributed by atoms with Crippen molar-refractivity contribution in [1.29, 1.82) is 0 Å². The Morgan fingerprint density at radius 1 is 1.40 bits per heavy atom. The van der Waals surface area contributed by atoms with Crippen molar-refractivity contribution in [2.75, 3.05) is 17.1 Å². The van der Waals surface area contributed by atoms with Crippen LogP contribution in [0.3, 0.4) is 0 Å².